The molecule has 0 radical (unpaired) electrons. The largest absolute Gasteiger partial charge is 0.462 e. The lowest BCUT2D eigenvalue weighted by atomic mass is 10.1. The average molecular weight is 1100 g/mol. The van der Waals surface area contributed by atoms with Crippen LogP contribution in [0.5, 0.6) is 0 Å². The fraction of sp³-hybridized carbons (Fsp3) is 0.554. The standard InChI is InChI=1S/C74H114O6/c1-4-7-10-13-16-19-22-25-28-30-32-34-35-36-37-38-39-41-42-44-46-49-52-55-58-61-64-67-73(76)79-70-71(69-78-72(75)66-63-60-57-54-51-48-27-24-21-18-15-12-9-6-3)80-74(77)68-65-62-59-56-53-50-47-45-43-40-33-31-29-26-23-20-17-14-11-8-5-2/h7-8,10-11,15-20,24-29,32-34,36-37,39-41,44-47,52,55,71H,4-6,9,12-14,21-23,30-31,35,38,42-43,48-51,53-54,56-70H2,1-3H3/b10-7-,11-8-,18-15-,19-16-,20-17-,27-24-,28-25-,29-26-,34-32-,37-36-,40-33-,41-39-,46-44-,47-45-,55-52-. The third-order valence-corrected chi connectivity index (χ3v) is 12.6. The minimum atomic E-state index is -0.825. The highest BCUT2D eigenvalue weighted by molar-refractivity contribution is 5.71. The van der Waals surface area contributed by atoms with E-state index in [9.17, 15) is 14.4 Å². The molecule has 6 nitrogen and oxygen atoms in total. The Balaban J connectivity index is 4.53. The molecule has 1 atom stereocenters. The molecule has 446 valence electrons. The van der Waals surface area contributed by atoms with E-state index in [2.05, 4.69) is 203 Å². The molecule has 0 rings (SSSR count). The highest BCUT2D eigenvalue weighted by Gasteiger charge is 2.19. The van der Waals surface area contributed by atoms with E-state index in [1.807, 2.05) is 0 Å². The van der Waals surface area contributed by atoms with Crippen molar-refractivity contribution in [1.29, 1.82) is 0 Å². The van der Waals surface area contributed by atoms with Crippen LogP contribution in [-0.2, 0) is 28.6 Å². The molecule has 1 unspecified atom stereocenters. The fourth-order valence-corrected chi connectivity index (χ4v) is 7.91. The normalized spacial score (nSPS) is 13.4. The quantitative estimate of drug-likeness (QED) is 0.0261. The van der Waals surface area contributed by atoms with Gasteiger partial charge in [0.1, 0.15) is 13.2 Å². The second-order valence-electron chi connectivity index (χ2n) is 20.2. The molecule has 0 fully saturated rings. The maximum absolute atomic E-state index is 12.9. The monoisotopic (exact) mass is 1100 g/mol. The minimum Gasteiger partial charge on any atom is -0.462 e. The smallest absolute Gasteiger partial charge is 0.306 e. The van der Waals surface area contributed by atoms with Gasteiger partial charge in [-0.05, 0) is 154 Å². The average Bonchev–Trinajstić information content (AvgIpc) is 3.46. The van der Waals surface area contributed by atoms with Gasteiger partial charge in [0, 0.05) is 19.3 Å². The van der Waals surface area contributed by atoms with Crippen molar-refractivity contribution < 1.29 is 28.6 Å². The van der Waals surface area contributed by atoms with Crippen molar-refractivity contribution in [2.24, 2.45) is 0 Å². The van der Waals surface area contributed by atoms with Crippen LogP contribution in [0.1, 0.15) is 245 Å². The van der Waals surface area contributed by atoms with Crippen LogP contribution in [-0.4, -0.2) is 37.2 Å². The van der Waals surface area contributed by atoms with Gasteiger partial charge in [0.25, 0.3) is 0 Å². The molecule has 0 aromatic carbocycles. The van der Waals surface area contributed by atoms with Crippen LogP contribution < -0.4 is 0 Å². The molecule has 0 aliphatic carbocycles. The van der Waals surface area contributed by atoms with E-state index in [-0.39, 0.29) is 44.0 Å². The first-order valence-electron chi connectivity index (χ1n) is 31.8. The molecule has 0 amide bonds. The number of allylic oxidation sites excluding steroid dienone is 30. The molecule has 0 bridgehead atoms. The van der Waals surface area contributed by atoms with Gasteiger partial charge in [-0.2, -0.15) is 0 Å². The number of hydrogen-bond donors (Lipinski definition) is 0. The van der Waals surface area contributed by atoms with Crippen molar-refractivity contribution in [3.05, 3.63) is 182 Å². The lowest BCUT2D eigenvalue weighted by Crippen LogP contribution is -2.30. The van der Waals surface area contributed by atoms with Crippen LogP contribution in [0.2, 0.25) is 0 Å². The summed E-state index contributed by atoms with van der Waals surface area (Å²) in [5.41, 5.74) is 0. The Morgan fingerprint density at radius 3 is 0.787 bits per heavy atom. The van der Waals surface area contributed by atoms with Crippen molar-refractivity contribution in [3.8, 4) is 0 Å². The zero-order chi connectivity index (χ0) is 57.8. The van der Waals surface area contributed by atoms with E-state index in [4.69, 9.17) is 14.2 Å². The van der Waals surface area contributed by atoms with Crippen LogP contribution in [0.3, 0.4) is 0 Å². The number of carbonyl (C=O) groups excluding carboxylic acids is 3. The number of carbonyl (C=O) groups is 3. The van der Waals surface area contributed by atoms with Gasteiger partial charge >= 0.3 is 17.9 Å². The maximum Gasteiger partial charge on any atom is 0.306 e. The minimum absolute atomic E-state index is 0.117. The molecule has 6 heteroatoms. The van der Waals surface area contributed by atoms with E-state index in [0.717, 1.165) is 180 Å². The summed E-state index contributed by atoms with van der Waals surface area (Å²) in [6, 6.07) is 0. The van der Waals surface area contributed by atoms with Crippen LogP contribution in [0.25, 0.3) is 0 Å². The van der Waals surface area contributed by atoms with Gasteiger partial charge in [0.05, 0.1) is 0 Å². The summed E-state index contributed by atoms with van der Waals surface area (Å²) in [5, 5.41) is 0. The summed E-state index contributed by atoms with van der Waals surface area (Å²) in [5.74, 6) is -1.00. The number of rotatable bonds is 55. The number of esters is 3. The Kier molecular flexibility index (Phi) is 61.5. The third kappa shape index (κ3) is 63.3. The number of hydrogen-bond acceptors (Lipinski definition) is 6. The lowest BCUT2D eigenvalue weighted by molar-refractivity contribution is -0.167. The second kappa shape index (κ2) is 66.0. The predicted octanol–water partition coefficient (Wildman–Crippen LogP) is 22.0. The molecule has 0 N–H and O–H groups in total. The second-order valence-corrected chi connectivity index (χ2v) is 20.2. The third-order valence-electron chi connectivity index (χ3n) is 12.6. The SMILES string of the molecule is CC/C=C\C/C=C\C/C=C\C/C=C\C/C=C\C/C=C\C/C=C\C/C=C\CCCCC(=O)OCC(COC(=O)CCCCCCC/C=C\C/C=C\CCCC)OC(=O)CCCCCCC/C=C\C/C=C\C/C=C\C/C=C\C/C=C\CC. The molecule has 0 aliphatic rings. The molecule has 80 heavy (non-hydrogen) atoms. The Bertz CT molecular complexity index is 1890. The highest BCUT2D eigenvalue weighted by Crippen LogP contribution is 2.13. The van der Waals surface area contributed by atoms with Crippen molar-refractivity contribution >= 4 is 17.9 Å². The van der Waals surface area contributed by atoms with Crippen LogP contribution in [0, 0.1) is 0 Å². The van der Waals surface area contributed by atoms with E-state index in [1.165, 1.54) is 19.3 Å². The molecule has 0 aromatic rings. The predicted molar refractivity (Wildman–Crippen MR) is 348 cm³/mol. The van der Waals surface area contributed by atoms with Crippen LogP contribution >= 0.6 is 0 Å². The van der Waals surface area contributed by atoms with Crippen molar-refractivity contribution in [2.75, 3.05) is 13.2 Å². The van der Waals surface area contributed by atoms with Gasteiger partial charge in [-0.1, -0.05) is 254 Å². The first-order chi connectivity index (χ1) is 39.5. The van der Waals surface area contributed by atoms with E-state index in [1.54, 1.807) is 0 Å². The Labute approximate surface area is 491 Å². The molecular formula is C74H114O6. The van der Waals surface area contributed by atoms with Gasteiger partial charge in [-0.25, -0.2) is 0 Å². The first kappa shape index (κ1) is 74.5. The molecular weight excluding hydrogens is 985 g/mol. The molecule has 0 saturated heterocycles. The summed E-state index contributed by atoms with van der Waals surface area (Å²) < 4.78 is 16.9. The van der Waals surface area contributed by atoms with Crippen molar-refractivity contribution in [1.82, 2.24) is 0 Å². The summed E-state index contributed by atoms with van der Waals surface area (Å²) in [4.78, 5) is 38.3. The van der Waals surface area contributed by atoms with Gasteiger partial charge in [0.15, 0.2) is 6.10 Å². The van der Waals surface area contributed by atoms with Gasteiger partial charge in [-0.3, -0.25) is 14.4 Å². The number of unbranched alkanes of at least 4 members (excludes halogenated alkanes) is 14. The van der Waals surface area contributed by atoms with Gasteiger partial charge in [0.2, 0.25) is 0 Å². The highest BCUT2D eigenvalue weighted by atomic mass is 16.6. The van der Waals surface area contributed by atoms with Gasteiger partial charge < -0.3 is 14.2 Å². The summed E-state index contributed by atoms with van der Waals surface area (Å²) >= 11 is 0. The zero-order valence-corrected chi connectivity index (χ0v) is 51.0. The molecule has 0 saturated carbocycles. The van der Waals surface area contributed by atoms with E-state index in [0.29, 0.717) is 12.8 Å². The summed E-state index contributed by atoms with van der Waals surface area (Å²) in [6.07, 6.45) is 98.9. The van der Waals surface area contributed by atoms with E-state index < -0.39 is 6.10 Å². The summed E-state index contributed by atoms with van der Waals surface area (Å²) in [7, 11) is 0. The van der Waals surface area contributed by atoms with Crippen LogP contribution in [0.15, 0.2) is 182 Å². The van der Waals surface area contributed by atoms with Crippen molar-refractivity contribution in [2.45, 2.75) is 252 Å². The Morgan fingerprint density at radius 1 is 0.263 bits per heavy atom. The molecule has 0 heterocycles. The maximum atomic E-state index is 12.9. The molecule has 0 aromatic heterocycles. The van der Waals surface area contributed by atoms with Gasteiger partial charge in [-0.15, -0.1) is 0 Å². The molecule has 0 spiro atoms. The number of ether oxygens (including phenoxy) is 3. The van der Waals surface area contributed by atoms with Crippen molar-refractivity contribution in [3.63, 3.8) is 0 Å². The topological polar surface area (TPSA) is 78.9 Å². The Hall–Kier alpha value is -5.49. The lowest BCUT2D eigenvalue weighted by Gasteiger charge is -2.18. The zero-order valence-electron chi connectivity index (χ0n) is 51.0. The fourth-order valence-electron chi connectivity index (χ4n) is 7.91. The first-order valence-corrected chi connectivity index (χ1v) is 31.8. The Morgan fingerprint density at radius 2 is 0.487 bits per heavy atom. The van der Waals surface area contributed by atoms with Crippen LogP contribution in [0.4, 0.5) is 0 Å². The van der Waals surface area contributed by atoms with E-state index >= 15 is 0 Å². The molecule has 0 aliphatic heterocycles. The summed E-state index contributed by atoms with van der Waals surface area (Å²) in [6.45, 7) is 6.29.